The summed E-state index contributed by atoms with van der Waals surface area (Å²) < 4.78 is 17.4. The maximum absolute atomic E-state index is 12.8. The van der Waals surface area contributed by atoms with Crippen molar-refractivity contribution in [2.75, 3.05) is 41.0 Å². The van der Waals surface area contributed by atoms with Gasteiger partial charge in [0.25, 0.3) is 0 Å². The van der Waals surface area contributed by atoms with E-state index < -0.39 is 18.1 Å². The summed E-state index contributed by atoms with van der Waals surface area (Å²) in [5.74, 6) is -1.47. The number of rotatable bonds is 48. The molecular formula is C58H102NO7+. The Morgan fingerprint density at radius 2 is 0.848 bits per heavy atom. The van der Waals surface area contributed by atoms with Gasteiger partial charge in [0.2, 0.25) is 0 Å². The summed E-state index contributed by atoms with van der Waals surface area (Å²) in [6.07, 6.45) is 62.3. The van der Waals surface area contributed by atoms with Crippen LogP contribution in [0.3, 0.4) is 0 Å². The molecule has 0 heterocycles. The molecule has 8 heteroatoms. The van der Waals surface area contributed by atoms with Crippen molar-refractivity contribution in [2.45, 2.75) is 238 Å². The highest BCUT2D eigenvalue weighted by atomic mass is 16.6. The highest BCUT2D eigenvalue weighted by molar-refractivity contribution is 5.72. The number of allylic oxidation sites excluding steroid dienone is 12. The van der Waals surface area contributed by atoms with Crippen LogP contribution in [-0.2, 0) is 28.6 Å². The van der Waals surface area contributed by atoms with Crippen LogP contribution < -0.4 is 0 Å². The van der Waals surface area contributed by atoms with Crippen LogP contribution in [0.25, 0.3) is 0 Å². The summed E-state index contributed by atoms with van der Waals surface area (Å²) in [4.78, 5) is 37.2. The molecule has 0 amide bonds. The third-order valence-corrected chi connectivity index (χ3v) is 11.8. The lowest BCUT2D eigenvalue weighted by Crippen LogP contribution is -2.50. The SMILES string of the molecule is CC/C=C\C/C=C\C/C=C\C/C=C\CCCCCCCCCCCCC(=O)OC(COCCC(C(=O)O)[N+](C)(C)C)COC(=O)CCCCCCCCCCC/C=C\C/C=C\CCCCC. The zero-order valence-electron chi connectivity index (χ0n) is 43.4. The number of hydrogen-bond donors (Lipinski definition) is 1. The highest BCUT2D eigenvalue weighted by Crippen LogP contribution is 2.15. The quantitative estimate of drug-likeness (QED) is 0.0281. The molecule has 0 aliphatic heterocycles. The Balaban J connectivity index is 4.23. The van der Waals surface area contributed by atoms with E-state index in [0.29, 0.717) is 19.3 Å². The number of ether oxygens (including phenoxy) is 3. The molecule has 380 valence electrons. The smallest absolute Gasteiger partial charge is 0.362 e. The number of carboxylic acids is 1. The fraction of sp³-hybridized carbons (Fsp3) is 0.741. The number of aliphatic carboxylic acids is 1. The van der Waals surface area contributed by atoms with Crippen LogP contribution in [0.4, 0.5) is 0 Å². The fourth-order valence-electron chi connectivity index (χ4n) is 7.70. The van der Waals surface area contributed by atoms with Gasteiger partial charge in [-0.25, -0.2) is 4.79 Å². The number of quaternary nitrogens is 1. The summed E-state index contributed by atoms with van der Waals surface area (Å²) in [6.45, 7) is 4.61. The molecule has 0 fully saturated rings. The van der Waals surface area contributed by atoms with Gasteiger partial charge < -0.3 is 23.8 Å². The molecule has 0 aliphatic carbocycles. The predicted octanol–water partition coefficient (Wildman–Crippen LogP) is 15.9. The molecular weight excluding hydrogens is 823 g/mol. The summed E-state index contributed by atoms with van der Waals surface area (Å²) in [7, 11) is 5.53. The van der Waals surface area contributed by atoms with Crippen LogP contribution in [0.1, 0.15) is 226 Å². The molecule has 0 spiro atoms. The first-order valence-corrected chi connectivity index (χ1v) is 27.0. The van der Waals surface area contributed by atoms with E-state index in [-0.39, 0.29) is 36.2 Å². The van der Waals surface area contributed by atoms with E-state index in [9.17, 15) is 19.5 Å². The topological polar surface area (TPSA) is 99.1 Å². The summed E-state index contributed by atoms with van der Waals surface area (Å²) in [5.41, 5.74) is 0. The first kappa shape index (κ1) is 62.8. The van der Waals surface area contributed by atoms with Crippen LogP contribution in [-0.4, -0.2) is 80.6 Å². The third-order valence-electron chi connectivity index (χ3n) is 11.8. The standard InChI is InChI=1S/C58H101NO7/c1-6-8-10-12-14-16-18-20-22-24-26-27-28-29-31-33-35-37-39-41-43-45-47-49-57(61)66-54(52-64-51-50-55(58(62)63)59(3,4)5)53-65-56(60)48-46-44-42-40-38-36-34-32-30-25-23-21-19-17-15-13-11-9-7-2/h8,10,14-17,20-23,26-27,54-55H,6-7,9,11-13,18-19,24-25,28-53H2,1-5H3/p+1/b10-8-,16-14-,17-15-,22-20-,23-21-,27-26-. The van der Waals surface area contributed by atoms with Gasteiger partial charge in [0.15, 0.2) is 12.1 Å². The van der Waals surface area contributed by atoms with Gasteiger partial charge in [0.1, 0.15) is 6.61 Å². The van der Waals surface area contributed by atoms with Gasteiger partial charge in [0, 0.05) is 19.3 Å². The molecule has 0 aliphatic rings. The molecule has 1 N–H and O–H groups in total. The first-order valence-electron chi connectivity index (χ1n) is 27.0. The Kier molecular flexibility index (Phi) is 45.9. The van der Waals surface area contributed by atoms with Crippen LogP contribution in [0, 0.1) is 0 Å². The number of esters is 2. The number of hydrogen-bond acceptors (Lipinski definition) is 6. The van der Waals surface area contributed by atoms with E-state index in [1.165, 1.54) is 122 Å². The van der Waals surface area contributed by atoms with Crippen LogP contribution in [0.5, 0.6) is 0 Å². The second-order valence-corrected chi connectivity index (χ2v) is 19.1. The largest absolute Gasteiger partial charge is 0.477 e. The first-order chi connectivity index (χ1) is 32.1. The lowest BCUT2D eigenvalue weighted by atomic mass is 10.0. The monoisotopic (exact) mass is 925 g/mol. The number of unbranched alkanes of at least 4 members (excludes halogenated alkanes) is 22. The molecule has 2 atom stereocenters. The van der Waals surface area contributed by atoms with E-state index in [1.54, 1.807) is 0 Å². The molecule has 66 heavy (non-hydrogen) atoms. The molecule has 0 radical (unpaired) electrons. The molecule has 0 saturated carbocycles. The van der Waals surface area contributed by atoms with Gasteiger partial charge >= 0.3 is 17.9 Å². The second kappa shape index (κ2) is 48.2. The molecule has 0 aromatic carbocycles. The highest BCUT2D eigenvalue weighted by Gasteiger charge is 2.31. The van der Waals surface area contributed by atoms with Crippen LogP contribution in [0.15, 0.2) is 72.9 Å². The minimum absolute atomic E-state index is 0.0560. The molecule has 8 nitrogen and oxygen atoms in total. The molecule has 0 bridgehead atoms. The second-order valence-electron chi connectivity index (χ2n) is 19.1. The molecule has 0 aromatic heterocycles. The van der Waals surface area contributed by atoms with Gasteiger partial charge in [0.05, 0.1) is 34.4 Å². The van der Waals surface area contributed by atoms with Crippen molar-refractivity contribution in [3.8, 4) is 0 Å². The Labute approximate surface area is 406 Å². The molecule has 0 rings (SSSR count). The lowest BCUT2D eigenvalue weighted by molar-refractivity contribution is -0.887. The number of carbonyl (C=O) groups excluding carboxylic acids is 2. The Morgan fingerprint density at radius 1 is 0.470 bits per heavy atom. The summed E-state index contributed by atoms with van der Waals surface area (Å²) in [5, 5.41) is 9.67. The number of nitrogens with zero attached hydrogens (tertiary/aromatic N) is 1. The Bertz CT molecular complexity index is 1310. The number of likely N-dealkylation sites (N-methyl/N-ethyl adjacent to an activating group) is 1. The van der Waals surface area contributed by atoms with Gasteiger partial charge in [-0.1, -0.05) is 196 Å². The van der Waals surface area contributed by atoms with Crippen molar-refractivity contribution < 1.29 is 38.2 Å². The van der Waals surface area contributed by atoms with Gasteiger partial charge in [-0.15, -0.1) is 0 Å². The van der Waals surface area contributed by atoms with E-state index in [4.69, 9.17) is 14.2 Å². The lowest BCUT2D eigenvalue weighted by Gasteiger charge is -2.31. The Hall–Kier alpha value is -3.23. The molecule has 2 unspecified atom stereocenters. The van der Waals surface area contributed by atoms with Crippen molar-refractivity contribution >= 4 is 17.9 Å². The predicted molar refractivity (Wildman–Crippen MR) is 280 cm³/mol. The number of carbonyl (C=O) groups is 3. The van der Waals surface area contributed by atoms with Crippen LogP contribution in [0.2, 0.25) is 0 Å². The zero-order valence-corrected chi connectivity index (χ0v) is 43.4. The van der Waals surface area contributed by atoms with E-state index in [0.717, 1.165) is 70.6 Å². The van der Waals surface area contributed by atoms with E-state index in [1.807, 2.05) is 21.1 Å². The molecule has 0 saturated heterocycles. The molecule has 0 aromatic rings. The van der Waals surface area contributed by atoms with Crippen molar-refractivity contribution in [3.63, 3.8) is 0 Å². The zero-order chi connectivity index (χ0) is 48.4. The normalized spacial score (nSPS) is 13.4. The maximum atomic E-state index is 12.8. The van der Waals surface area contributed by atoms with Crippen molar-refractivity contribution in [3.05, 3.63) is 72.9 Å². The van der Waals surface area contributed by atoms with Crippen LogP contribution >= 0.6 is 0 Å². The minimum atomic E-state index is -0.877. The van der Waals surface area contributed by atoms with Gasteiger partial charge in [-0.2, -0.15) is 0 Å². The fourth-order valence-corrected chi connectivity index (χ4v) is 7.70. The average molecular weight is 925 g/mol. The van der Waals surface area contributed by atoms with E-state index in [2.05, 4.69) is 86.8 Å². The van der Waals surface area contributed by atoms with Gasteiger partial charge in [-0.05, 0) is 83.5 Å². The average Bonchev–Trinajstić information content (AvgIpc) is 3.28. The summed E-state index contributed by atoms with van der Waals surface area (Å²) >= 11 is 0. The van der Waals surface area contributed by atoms with Crippen molar-refractivity contribution in [1.29, 1.82) is 0 Å². The summed E-state index contributed by atoms with van der Waals surface area (Å²) in [6, 6.07) is -0.619. The van der Waals surface area contributed by atoms with E-state index >= 15 is 0 Å². The third kappa shape index (κ3) is 45.9. The minimum Gasteiger partial charge on any atom is -0.477 e. The maximum Gasteiger partial charge on any atom is 0.362 e. The van der Waals surface area contributed by atoms with Crippen molar-refractivity contribution in [2.24, 2.45) is 0 Å². The number of carboxylic acid groups (broad SMARTS) is 1. The van der Waals surface area contributed by atoms with Gasteiger partial charge in [-0.3, -0.25) is 9.59 Å². The Morgan fingerprint density at radius 3 is 1.26 bits per heavy atom. The van der Waals surface area contributed by atoms with Crippen molar-refractivity contribution in [1.82, 2.24) is 0 Å².